The molecule has 1 amide bonds. The van der Waals surface area contributed by atoms with Gasteiger partial charge < -0.3 is 15.0 Å². The highest BCUT2D eigenvalue weighted by atomic mass is 16.4. The molecular weight excluding hydrogens is 320 g/mol. The average Bonchev–Trinajstić information content (AvgIpc) is 2.93. The molecular formula is C19H22N2O4. The number of Topliss-reactive ketones (excluding diaryl/α,β-unsaturated/α-hetero) is 1. The van der Waals surface area contributed by atoms with Gasteiger partial charge in [-0.3, -0.25) is 14.4 Å². The predicted octanol–water partition coefficient (Wildman–Crippen LogP) is 2.21. The van der Waals surface area contributed by atoms with E-state index >= 15 is 0 Å². The van der Waals surface area contributed by atoms with E-state index in [0.29, 0.717) is 17.7 Å². The number of carbonyl (C=O) groups is 3. The van der Waals surface area contributed by atoms with Crippen molar-refractivity contribution in [3.8, 4) is 0 Å². The van der Waals surface area contributed by atoms with Crippen LogP contribution in [0.2, 0.25) is 0 Å². The summed E-state index contributed by atoms with van der Waals surface area (Å²) in [6, 6.07) is 9.15. The maximum absolute atomic E-state index is 12.3. The molecule has 1 heterocycles. The Balaban J connectivity index is 2.04. The van der Waals surface area contributed by atoms with Crippen LogP contribution in [0, 0.1) is 12.8 Å². The Labute approximate surface area is 146 Å². The Morgan fingerprint density at radius 1 is 1.24 bits per heavy atom. The Bertz CT molecular complexity index is 808. The molecule has 0 spiro atoms. The molecule has 0 saturated carbocycles. The minimum absolute atomic E-state index is 0.0166. The highest BCUT2D eigenvalue weighted by Gasteiger charge is 2.21. The quantitative estimate of drug-likeness (QED) is 0.755. The molecule has 25 heavy (non-hydrogen) atoms. The lowest BCUT2D eigenvalue weighted by atomic mass is 9.98. The first-order valence-electron chi connectivity index (χ1n) is 8.01. The monoisotopic (exact) mass is 342 g/mol. The van der Waals surface area contributed by atoms with Crippen molar-refractivity contribution in [1.29, 1.82) is 0 Å². The molecule has 1 aromatic heterocycles. The summed E-state index contributed by atoms with van der Waals surface area (Å²) in [7, 11) is 1.67. The van der Waals surface area contributed by atoms with Crippen LogP contribution in [0.25, 0.3) is 0 Å². The molecule has 6 nitrogen and oxygen atoms in total. The van der Waals surface area contributed by atoms with Crippen LogP contribution < -0.4 is 5.32 Å². The first-order valence-corrected chi connectivity index (χ1v) is 8.01. The van der Waals surface area contributed by atoms with E-state index in [1.54, 1.807) is 17.8 Å². The second-order valence-corrected chi connectivity index (χ2v) is 6.22. The minimum Gasteiger partial charge on any atom is -0.481 e. The number of ketones is 1. The van der Waals surface area contributed by atoms with Crippen molar-refractivity contribution in [3.05, 3.63) is 58.9 Å². The summed E-state index contributed by atoms with van der Waals surface area (Å²) < 4.78 is 1.56. The fourth-order valence-corrected chi connectivity index (χ4v) is 2.66. The maximum atomic E-state index is 12.3. The number of carbonyl (C=O) groups excluding carboxylic acids is 2. The molecule has 0 aliphatic heterocycles. The Hall–Kier alpha value is -2.89. The van der Waals surface area contributed by atoms with Crippen molar-refractivity contribution in [1.82, 2.24) is 9.88 Å². The van der Waals surface area contributed by atoms with Crippen molar-refractivity contribution in [2.45, 2.75) is 20.3 Å². The van der Waals surface area contributed by atoms with Crippen LogP contribution in [-0.2, 0) is 18.3 Å². The fourth-order valence-electron chi connectivity index (χ4n) is 2.66. The third kappa shape index (κ3) is 4.79. The number of nitrogens with zero attached hydrogens (tertiary/aromatic N) is 1. The van der Waals surface area contributed by atoms with Crippen LogP contribution in [0.15, 0.2) is 36.5 Å². The largest absolute Gasteiger partial charge is 0.481 e. The van der Waals surface area contributed by atoms with Gasteiger partial charge in [0.05, 0.1) is 5.92 Å². The lowest BCUT2D eigenvalue weighted by Gasteiger charge is -2.14. The lowest BCUT2D eigenvalue weighted by molar-refractivity contribution is -0.141. The van der Waals surface area contributed by atoms with E-state index < -0.39 is 17.8 Å². The summed E-state index contributed by atoms with van der Waals surface area (Å²) in [5.74, 6) is -2.21. The molecule has 2 N–H and O–H groups in total. The normalized spacial score (nSPS) is 11.8. The molecule has 6 heteroatoms. The molecule has 0 aliphatic rings. The van der Waals surface area contributed by atoms with Crippen LogP contribution in [0.4, 0.5) is 0 Å². The molecule has 0 fully saturated rings. The standard InChI is InChI=1S/C19H22N2O4/c1-12-5-4-6-14(7-12)8-15(19(24)25)10-20-18(23)17-9-16(13(2)22)11-21(17)3/h4-7,9,11,15H,8,10H2,1-3H3,(H,20,23)(H,24,25). The summed E-state index contributed by atoms with van der Waals surface area (Å²) in [4.78, 5) is 35.2. The van der Waals surface area contributed by atoms with Crippen molar-refractivity contribution in [2.75, 3.05) is 6.54 Å². The number of aliphatic carboxylic acids is 1. The average molecular weight is 342 g/mol. The molecule has 1 atom stereocenters. The first kappa shape index (κ1) is 18.4. The molecule has 1 unspecified atom stereocenters. The molecule has 0 radical (unpaired) electrons. The topological polar surface area (TPSA) is 88.4 Å². The van der Waals surface area contributed by atoms with Crippen LogP contribution in [0.5, 0.6) is 0 Å². The van der Waals surface area contributed by atoms with Crippen LogP contribution in [0.1, 0.15) is 38.9 Å². The predicted molar refractivity (Wildman–Crippen MR) is 93.8 cm³/mol. The van der Waals surface area contributed by atoms with Gasteiger partial charge in [0.1, 0.15) is 5.69 Å². The Morgan fingerprint density at radius 2 is 1.96 bits per heavy atom. The fraction of sp³-hybridized carbons (Fsp3) is 0.316. The van der Waals surface area contributed by atoms with Gasteiger partial charge in [0.25, 0.3) is 5.91 Å². The Kier molecular flexibility index (Phi) is 5.75. The van der Waals surface area contributed by atoms with E-state index in [-0.39, 0.29) is 12.3 Å². The van der Waals surface area contributed by atoms with E-state index in [4.69, 9.17) is 0 Å². The second kappa shape index (κ2) is 7.79. The van der Waals surface area contributed by atoms with Gasteiger partial charge in [-0.2, -0.15) is 0 Å². The number of nitrogens with one attached hydrogen (secondary N) is 1. The zero-order valence-corrected chi connectivity index (χ0v) is 14.6. The number of amides is 1. The summed E-state index contributed by atoms with van der Waals surface area (Å²) in [5, 5.41) is 12.1. The third-order valence-corrected chi connectivity index (χ3v) is 4.07. The van der Waals surface area contributed by atoms with Crippen LogP contribution >= 0.6 is 0 Å². The zero-order chi connectivity index (χ0) is 18.6. The SMILES string of the molecule is CC(=O)c1cc(C(=O)NCC(Cc2cccc(C)c2)C(=O)O)n(C)c1. The number of rotatable bonds is 7. The van der Waals surface area contributed by atoms with Gasteiger partial charge in [0, 0.05) is 25.4 Å². The van der Waals surface area contributed by atoms with E-state index in [1.165, 1.54) is 13.0 Å². The Morgan fingerprint density at radius 3 is 2.52 bits per heavy atom. The highest BCUT2D eigenvalue weighted by Crippen LogP contribution is 2.12. The molecule has 0 aliphatic carbocycles. The molecule has 1 aromatic carbocycles. The highest BCUT2D eigenvalue weighted by molar-refractivity contribution is 5.99. The number of hydrogen-bond acceptors (Lipinski definition) is 3. The lowest BCUT2D eigenvalue weighted by Crippen LogP contribution is -2.34. The van der Waals surface area contributed by atoms with Gasteiger partial charge in [-0.15, -0.1) is 0 Å². The van der Waals surface area contributed by atoms with Gasteiger partial charge in [0.15, 0.2) is 5.78 Å². The van der Waals surface area contributed by atoms with Gasteiger partial charge in [-0.05, 0) is 31.9 Å². The molecule has 2 aromatic rings. The van der Waals surface area contributed by atoms with Crippen LogP contribution in [-0.4, -0.2) is 33.9 Å². The van der Waals surface area contributed by atoms with E-state index in [1.807, 2.05) is 31.2 Å². The number of carboxylic acids is 1. The molecule has 132 valence electrons. The maximum Gasteiger partial charge on any atom is 0.308 e. The molecule has 2 rings (SSSR count). The summed E-state index contributed by atoms with van der Waals surface area (Å²) in [5.41, 5.74) is 2.75. The zero-order valence-electron chi connectivity index (χ0n) is 14.6. The van der Waals surface area contributed by atoms with Gasteiger partial charge in [-0.1, -0.05) is 29.8 Å². The van der Waals surface area contributed by atoms with Gasteiger partial charge in [-0.25, -0.2) is 0 Å². The number of aryl methyl sites for hydroxylation is 2. The first-order chi connectivity index (χ1) is 11.8. The summed E-state index contributed by atoms with van der Waals surface area (Å²) >= 11 is 0. The molecule has 0 saturated heterocycles. The summed E-state index contributed by atoms with van der Waals surface area (Å²) in [6.45, 7) is 3.39. The van der Waals surface area contributed by atoms with Gasteiger partial charge in [0.2, 0.25) is 0 Å². The van der Waals surface area contributed by atoms with Crippen molar-refractivity contribution >= 4 is 17.7 Å². The molecule has 0 bridgehead atoms. The van der Waals surface area contributed by atoms with Crippen LogP contribution in [0.3, 0.4) is 0 Å². The van der Waals surface area contributed by atoms with Crippen molar-refractivity contribution < 1.29 is 19.5 Å². The van der Waals surface area contributed by atoms with Gasteiger partial charge >= 0.3 is 5.97 Å². The number of aromatic nitrogens is 1. The number of hydrogen-bond donors (Lipinski definition) is 2. The van der Waals surface area contributed by atoms with Crippen molar-refractivity contribution in [2.24, 2.45) is 13.0 Å². The summed E-state index contributed by atoms with van der Waals surface area (Å²) in [6.07, 6.45) is 1.92. The van der Waals surface area contributed by atoms with E-state index in [9.17, 15) is 19.5 Å². The number of benzene rings is 1. The third-order valence-electron chi connectivity index (χ3n) is 4.07. The van der Waals surface area contributed by atoms with Crippen molar-refractivity contribution in [3.63, 3.8) is 0 Å². The smallest absolute Gasteiger partial charge is 0.308 e. The minimum atomic E-state index is -0.960. The van der Waals surface area contributed by atoms with E-state index in [0.717, 1.165) is 11.1 Å². The number of carboxylic acid groups (broad SMARTS) is 1. The van der Waals surface area contributed by atoms with E-state index in [2.05, 4.69) is 5.32 Å². The second-order valence-electron chi connectivity index (χ2n) is 6.22.